The largest absolute Gasteiger partial charge is 0.394 e. The minimum Gasteiger partial charge on any atom is -0.394 e. The third-order valence-electron chi connectivity index (χ3n) is 3.51. The summed E-state index contributed by atoms with van der Waals surface area (Å²) in [6.45, 7) is -1.37. The van der Waals surface area contributed by atoms with Gasteiger partial charge in [0.2, 0.25) is 0 Å². The summed E-state index contributed by atoms with van der Waals surface area (Å²) in [4.78, 5) is 10.3. The Morgan fingerprint density at radius 2 is 1.61 bits per heavy atom. The summed E-state index contributed by atoms with van der Waals surface area (Å²) < 4.78 is 9.94. The van der Waals surface area contributed by atoms with Crippen LogP contribution < -0.4 is 0 Å². The smallest absolute Gasteiger partial charge is 0.186 e. The van der Waals surface area contributed by atoms with Crippen molar-refractivity contribution >= 4 is 6.29 Å². The number of ether oxygens (including phenoxy) is 2. The zero-order valence-electron chi connectivity index (χ0n) is 12.0. The third-order valence-corrected chi connectivity index (χ3v) is 3.51. The summed E-state index contributed by atoms with van der Waals surface area (Å²) >= 11 is 0. The first-order chi connectivity index (χ1) is 10.7. The molecule has 136 valence electrons. The van der Waals surface area contributed by atoms with E-state index in [-0.39, 0.29) is 6.29 Å². The maximum absolute atomic E-state index is 10.3. The molecule has 0 unspecified atom stereocenters. The van der Waals surface area contributed by atoms with Crippen molar-refractivity contribution in [2.75, 3.05) is 13.2 Å². The number of aliphatic hydroxyl groups is 8. The van der Waals surface area contributed by atoms with Crippen molar-refractivity contribution in [2.24, 2.45) is 0 Å². The molecule has 0 bridgehead atoms. The normalized spacial score (nSPS) is 37.0. The van der Waals surface area contributed by atoms with Crippen molar-refractivity contribution in [3.63, 3.8) is 0 Å². The van der Waals surface area contributed by atoms with Gasteiger partial charge in [0.15, 0.2) is 12.6 Å². The van der Waals surface area contributed by atoms with E-state index in [1.165, 1.54) is 0 Å². The van der Waals surface area contributed by atoms with Gasteiger partial charge in [-0.2, -0.15) is 0 Å². The van der Waals surface area contributed by atoms with E-state index in [1.54, 1.807) is 0 Å². The second-order valence-corrected chi connectivity index (χ2v) is 5.21. The van der Waals surface area contributed by atoms with E-state index in [0.717, 1.165) is 0 Å². The van der Waals surface area contributed by atoms with Crippen molar-refractivity contribution in [1.29, 1.82) is 0 Å². The molecule has 0 spiro atoms. The monoisotopic (exact) mass is 342 g/mol. The van der Waals surface area contributed by atoms with E-state index >= 15 is 0 Å². The van der Waals surface area contributed by atoms with Crippen LogP contribution in [0.3, 0.4) is 0 Å². The summed E-state index contributed by atoms with van der Waals surface area (Å²) in [6, 6.07) is 0. The Balaban J connectivity index is 2.57. The maximum Gasteiger partial charge on any atom is 0.186 e. The molecule has 0 saturated carbocycles. The fourth-order valence-corrected chi connectivity index (χ4v) is 2.01. The molecular formula is C12H22O11. The summed E-state index contributed by atoms with van der Waals surface area (Å²) in [5.41, 5.74) is 0. The highest BCUT2D eigenvalue weighted by atomic mass is 16.7. The number of rotatable bonds is 8. The highest BCUT2D eigenvalue weighted by Gasteiger charge is 2.44. The Kier molecular flexibility index (Phi) is 7.89. The lowest BCUT2D eigenvalue weighted by Crippen LogP contribution is -2.59. The minimum absolute atomic E-state index is 0.0287. The predicted molar refractivity (Wildman–Crippen MR) is 69.8 cm³/mol. The highest BCUT2D eigenvalue weighted by molar-refractivity contribution is 5.56. The van der Waals surface area contributed by atoms with Gasteiger partial charge in [-0.3, -0.25) is 0 Å². The standard InChI is InChI=1S/C12H22O11/c13-1-4(15)7(17)8(18)5(16)3-22-12-11(21)10(20)9(19)6(2-14)23-12/h1,4-12,14-21H,2-3H2/t4-,5+,6+,7+,8-,9+,10-,11+,12+/m0/s1. The summed E-state index contributed by atoms with van der Waals surface area (Å²) in [5, 5.41) is 75.4. The van der Waals surface area contributed by atoms with Crippen molar-refractivity contribution in [1.82, 2.24) is 0 Å². The molecule has 8 N–H and O–H groups in total. The van der Waals surface area contributed by atoms with Crippen LogP contribution in [0.1, 0.15) is 0 Å². The maximum atomic E-state index is 10.3. The van der Waals surface area contributed by atoms with E-state index in [4.69, 9.17) is 19.7 Å². The lowest BCUT2D eigenvalue weighted by Gasteiger charge is -2.40. The Labute approximate surface area is 130 Å². The molecule has 1 fully saturated rings. The number of aldehydes is 1. The van der Waals surface area contributed by atoms with Crippen LogP contribution in [0.4, 0.5) is 0 Å². The number of carbonyl (C=O) groups excluding carboxylic acids is 1. The van der Waals surface area contributed by atoms with E-state index < -0.39 is 68.3 Å². The molecular weight excluding hydrogens is 320 g/mol. The third kappa shape index (κ3) is 4.87. The molecule has 1 heterocycles. The van der Waals surface area contributed by atoms with Gasteiger partial charge in [-0.25, -0.2) is 0 Å². The second-order valence-electron chi connectivity index (χ2n) is 5.21. The van der Waals surface area contributed by atoms with Gasteiger partial charge < -0.3 is 55.1 Å². The van der Waals surface area contributed by atoms with E-state index in [9.17, 15) is 35.4 Å². The Morgan fingerprint density at radius 1 is 1.00 bits per heavy atom. The first kappa shape index (κ1) is 20.3. The number of hydrogen-bond donors (Lipinski definition) is 8. The summed E-state index contributed by atoms with van der Waals surface area (Å²) in [5.74, 6) is 0. The van der Waals surface area contributed by atoms with Gasteiger partial charge in [0.1, 0.15) is 48.8 Å². The van der Waals surface area contributed by atoms with Crippen molar-refractivity contribution in [2.45, 2.75) is 55.1 Å². The van der Waals surface area contributed by atoms with Crippen LogP contribution in [0.5, 0.6) is 0 Å². The van der Waals surface area contributed by atoms with Gasteiger partial charge >= 0.3 is 0 Å². The number of aliphatic hydroxyl groups excluding tert-OH is 8. The number of carbonyl (C=O) groups is 1. The van der Waals surface area contributed by atoms with Crippen LogP contribution >= 0.6 is 0 Å². The van der Waals surface area contributed by atoms with E-state index in [2.05, 4.69) is 0 Å². The van der Waals surface area contributed by atoms with Gasteiger partial charge in [-0.1, -0.05) is 0 Å². The lowest BCUT2D eigenvalue weighted by molar-refractivity contribution is -0.306. The molecule has 0 aliphatic carbocycles. The minimum atomic E-state index is -1.96. The Morgan fingerprint density at radius 3 is 2.13 bits per heavy atom. The van der Waals surface area contributed by atoms with Gasteiger partial charge in [0, 0.05) is 0 Å². The molecule has 0 amide bonds. The van der Waals surface area contributed by atoms with Crippen molar-refractivity contribution < 1.29 is 55.1 Å². The first-order valence-electron chi connectivity index (χ1n) is 6.84. The molecule has 0 aromatic carbocycles. The van der Waals surface area contributed by atoms with Crippen molar-refractivity contribution in [3.8, 4) is 0 Å². The molecule has 11 nitrogen and oxygen atoms in total. The molecule has 9 atom stereocenters. The Hall–Kier alpha value is -0.730. The van der Waals surface area contributed by atoms with E-state index in [0.29, 0.717) is 0 Å². The molecule has 1 aliphatic heterocycles. The zero-order chi connectivity index (χ0) is 17.7. The van der Waals surface area contributed by atoms with Gasteiger partial charge in [-0.05, 0) is 0 Å². The molecule has 1 saturated heterocycles. The average Bonchev–Trinajstić information content (AvgIpc) is 2.56. The van der Waals surface area contributed by atoms with Gasteiger partial charge in [0.05, 0.1) is 13.2 Å². The van der Waals surface area contributed by atoms with Gasteiger partial charge in [-0.15, -0.1) is 0 Å². The van der Waals surface area contributed by atoms with E-state index in [1.807, 2.05) is 0 Å². The zero-order valence-corrected chi connectivity index (χ0v) is 12.0. The molecule has 0 aromatic rings. The van der Waals surface area contributed by atoms with Crippen LogP contribution in [-0.2, 0) is 14.3 Å². The van der Waals surface area contributed by atoms with Gasteiger partial charge in [0.25, 0.3) is 0 Å². The summed E-state index contributed by atoms with van der Waals surface area (Å²) in [7, 11) is 0. The molecule has 1 rings (SSSR count). The SMILES string of the molecule is O=C[C@H](O)[C@@H](O)[C@@H](O)[C@H](O)CO[C@@H]1O[C@H](CO)[C@@H](O)[C@H](O)[C@H]1O. The first-order valence-corrected chi connectivity index (χ1v) is 6.84. The topological polar surface area (TPSA) is 197 Å². The second kappa shape index (κ2) is 8.94. The van der Waals surface area contributed by atoms with Crippen LogP contribution in [0.25, 0.3) is 0 Å². The van der Waals surface area contributed by atoms with Crippen LogP contribution in [0, 0.1) is 0 Å². The van der Waals surface area contributed by atoms with Crippen LogP contribution in [0.15, 0.2) is 0 Å². The Bertz CT molecular complexity index is 365. The molecule has 23 heavy (non-hydrogen) atoms. The predicted octanol–water partition coefficient (Wildman–Crippen LogP) is -5.55. The van der Waals surface area contributed by atoms with Crippen LogP contribution in [0.2, 0.25) is 0 Å². The quantitative estimate of drug-likeness (QED) is 0.196. The fraction of sp³-hybridized carbons (Fsp3) is 0.917. The lowest BCUT2D eigenvalue weighted by atomic mass is 9.99. The molecule has 0 radical (unpaired) electrons. The molecule has 11 heteroatoms. The average molecular weight is 342 g/mol. The van der Waals surface area contributed by atoms with Crippen molar-refractivity contribution in [3.05, 3.63) is 0 Å². The fourth-order valence-electron chi connectivity index (χ4n) is 2.01. The number of hydrogen-bond acceptors (Lipinski definition) is 11. The summed E-state index contributed by atoms with van der Waals surface area (Å²) in [6.07, 6.45) is -15.3. The van der Waals surface area contributed by atoms with Crippen LogP contribution in [-0.4, -0.2) is 115 Å². The molecule has 1 aliphatic rings. The highest BCUT2D eigenvalue weighted by Crippen LogP contribution is 2.22. The molecule has 0 aromatic heterocycles.